The zero-order valence-corrected chi connectivity index (χ0v) is 10.0. The number of hydrogen-bond acceptors (Lipinski definition) is 1. The molecule has 0 aromatic heterocycles. The van der Waals surface area contributed by atoms with Crippen LogP contribution in [0.2, 0.25) is 0 Å². The van der Waals surface area contributed by atoms with E-state index in [1.165, 1.54) is 0 Å². The molecule has 0 aliphatic carbocycles. The molecule has 1 unspecified atom stereocenters. The van der Waals surface area contributed by atoms with E-state index in [1.54, 1.807) is 0 Å². The number of nitrogens with two attached hydrogens (primary N) is 1. The van der Waals surface area contributed by atoms with Gasteiger partial charge in [0.05, 0.1) is 5.92 Å². The van der Waals surface area contributed by atoms with Crippen molar-refractivity contribution in [2.24, 2.45) is 5.73 Å². The molecule has 0 spiro atoms. The molecule has 1 atom stereocenters. The van der Waals surface area contributed by atoms with Gasteiger partial charge in [0.25, 0.3) is 0 Å². The van der Waals surface area contributed by atoms with Crippen molar-refractivity contribution in [2.45, 2.75) is 5.92 Å². The quantitative estimate of drug-likeness (QED) is 0.856. The minimum Gasteiger partial charge on any atom is -0.369 e. The molecule has 1 rings (SSSR count). The van der Waals surface area contributed by atoms with Crippen molar-refractivity contribution in [3.05, 3.63) is 34.3 Å². The molecule has 2 nitrogen and oxygen atoms in total. The third-order valence-electron chi connectivity index (χ3n) is 1.78. The van der Waals surface area contributed by atoms with Crippen molar-refractivity contribution in [1.29, 1.82) is 0 Å². The van der Waals surface area contributed by atoms with Gasteiger partial charge in [-0.3, -0.25) is 4.79 Å². The largest absolute Gasteiger partial charge is 0.369 e. The van der Waals surface area contributed by atoms with Gasteiger partial charge in [0, 0.05) is 9.80 Å². The second kappa shape index (κ2) is 4.77. The number of alkyl halides is 1. The molecule has 1 aromatic carbocycles. The Morgan fingerprint density at radius 1 is 1.46 bits per heavy atom. The monoisotopic (exact) mass is 305 g/mol. The van der Waals surface area contributed by atoms with Crippen molar-refractivity contribution >= 4 is 37.8 Å². The molecule has 4 heteroatoms. The number of halogens is 2. The predicted octanol–water partition coefficient (Wildman–Crippen LogP) is 2.41. The number of primary amides is 1. The first-order valence-electron chi connectivity index (χ1n) is 3.76. The van der Waals surface area contributed by atoms with Crippen molar-refractivity contribution in [1.82, 2.24) is 0 Å². The van der Waals surface area contributed by atoms with Crippen LogP contribution in [0.3, 0.4) is 0 Å². The molecule has 1 aromatic rings. The smallest absolute Gasteiger partial charge is 0.225 e. The summed E-state index contributed by atoms with van der Waals surface area (Å²) in [6, 6.07) is 7.58. The second-order valence-corrected chi connectivity index (χ2v) is 4.13. The molecular weight excluding hydrogens is 298 g/mol. The summed E-state index contributed by atoms with van der Waals surface area (Å²) >= 11 is 6.64. The summed E-state index contributed by atoms with van der Waals surface area (Å²) in [5, 5.41) is 0.547. The SMILES string of the molecule is NC(=O)C(CBr)c1ccccc1Br. The molecule has 2 N–H and O–H groups in total. The Kier molecular flexibility index (Phi) is 3.93. The first kappa shape index (κ1) is 10.7. The van der Waals surface area contributed by atoms with Gasteiger partial charge in [-0.15, -0.1) is 0 Å². The summed E-state index contributed by atoms with van der Waals surface area (Å²) in [6.07, 6.45) is 0. The van der Waals surface area contributed by atoms with E-state index in [2.05, 4.69) is 31.9 Å². The topological polar surface area (TPSA) is 43.1 Å². The highest BCUT2D eigenvalue weighted by Crippen LogP contribution is 2.25. The van der Waals surface area contributed by atoms with Crippen LogP contribution in [0.4, 0.5) is 0 Å². The number of carbonyl (C=O) groups is 1. The Labute approximate surface area is 93.8 Å². The summed E-state index contributed by atoms with van der Waals surface area (Å²) in [7, 11) is 0. The lowest BCUT2D eigenvalue weighted by molar-refractivity contribution is -0.118. The van der Waals surface area contributed by atoms with Crippen LogP contribution in [0.25, 0.3) is 0 Å². The van der Waals surface area contributed by atoms with Crippen LogP contribution >= 0.6 is 31.9 Å². The van der Waals surface area contributed by atoms with Gasteiger partial charge in [0.2, 0.25) is 5.91 Å². The van der Waals surface area contributed by atoms with E-state index >= 15 is 0 Å². The van der Waals surface area contributed by atoms with E-state index in [-0.39, 0.29) is 11.8 Å². The zero-order valence-electron chi connectivity index (χ0n) is 6.84. The molecule has 0 heterocycles. The normalized spacial score (nSPS) is 12.5. The third kappa shape index (κ3) is 2.54. The maximum atomic E-state index is 11.1. The highest BCUT2D eigenvalue weighted by molar-refractivity contribution is 9.10. The van der Waals surface area contributed by atoms with Crippen molar-refractivity contribution in [3.8, 4) is 0 Å². The zero-order chi connectivity index (χ0) is 9.84. The fourth-order valence-electron chi connectivity index (χ4n) is 1.07. The average Bonchev–Trinajstić information content (AvgIpc) is 2.09. The van der Waals surface area contributed by atoms with Crippen LogP contribution in [-0.2, 0) is 4.79 Å². The maximum Gasteiger partial charge on any atom is 0.225 e. The molecule has 0 saturated heterocycles. The lowest BCUT2D eigenvalue weighted by Crippen LogP contribution is -2.22. The molecule has 0 bridgehead atoms. The number of rotatable bonds is 3. The first-order chi connectivity index (χ1) is 6.16. The van der Waals surface area contributed by atoms with Crippen LogP contribution in [0.5, 0.6) is 0 Å². The van der Waals surface area contributed by atoms with Crippen LogP contribution in [0.15, 0.2) is 28.7 Å². The van der Waals surface area contributed by atoms with Gasteiger partial charge in [0.1, 0.15) is 0 Å². The third-order valence-corrected chi connectivity index (χ3v) is 3.15. The van der Waals surface area contributed by atoms with Gasteiger partial charge < -0.3 is 5.73 Å². The lowest BCUT2D eigenvalue weighted by Gasteiger charge is -2.11. The minimum atomic E-state index is -0.316. The van der Waals surface area contributed by atoms with Gasteiger partial charge in [0.15, 0.2) is 0 Å². The molecule has 0 saturated carbocycles. The molecule has 0 aliphatic heterocycles. The summed E-state index contributed by atoms with van der Waals surface area (Å²) in [6.45, 7) is 0. The Hall–Kier alpha value is -0.350. The molecule has 0 aliphatic rings. The lowest BCUT2D eigenvalue weighted by atomic mass is 10.0. The van der Waals surface area contributed by atoms with Crippen LogP contribution in [-0.4, -0.2) is 11.2 Å². The Balaban J connectivity index is 3.04. The molecule has 0 radical (unpaired) electrons. The molecule has 13 heavy (non-hydrogen) atoms. The van der Waals surface area contributed by atoms with E-state index in [1.807, 2.05) is 24.3 Å². The summed E-state index contributed by atoms with van der Waals surface area (Å²) in [4.78, 5) is 11.1. The van der Waals surface area contributed by atoms with Crippen molar-refractivity contribution in [2.75, 3.05) is 5.33 Å². The highest BCUT2D eigenvalue weighted by Gasteiger charge is 2.17. The van der Waals surface area contributed by atoms with Crippen molar-refractivity contribution < 1.29 is 4.79 Å². The van der Waals surface area contributed by atoms with Crippen LogP contribution < -0.4 is 5.73 Å². The Morgan fingerprint density at radius 2 is 2.08 bits per heavy atom. The van der Waals surface area contributed by atoms with Crippen LogP contribution in [0, 0.1) is 0 Å². The fourth-order valence-corrected chi connectivity index (χ4v) is 2.30. The summed E-state index contributed by atoms with van der Waals surface area (Å²) < 4.78 is 0.915. The van der Waals surface area contributed by atoms with E-state index in [0.717, 1.165) is 10.0 Å². The maximum absolute atomic E-state index is 11.1. The van der Waals surface area contributed by atoms with E-state index in [0.29, 0.717) is 5.33 Å². The fraction of sp³-hybridized carbons (Fsp3) is 0.222. The second-order valence-electron chi connectivity index (χ2n) is 2.63. The van der Waals surface area contributed by atoms with E-state index in [4.69, 9.17) is 5.73 Å². The number of hydrogen-bond donors (Lipinski definition) is 1. The van der Waals surface area contributed by atoms with E-state index < -0.39 is 0 Å². The average molecular weight is 307 g/mol. The van der Waals surface area contributed by atoms with Gasteiger partial charge in [-0.1, -0.05) is 50.1 Å². The number of amides is 1. The van der Waals surface area contributed by atoms with Crippen molar-refractivity contribution in [3.63, 3.8) is 0 Å². The number of carbonyl (C=O) groups excluding carboxylic acids is 1. The molecule has 70 valence electrons. The summed E-state index contributed by atoms with van der Waals surface area (Å²) in [5.74, 6) is -0.584. The molecule has 1 amide bonds. The van der Waals surface area contributed by atoms with E-state index in [9.17, 15) is 4.79 Å². The Morgan fingerprint density at radius 3 is 2.54 bits per heavy atom. The van der Waals surface area contributed by atoms with Gasteiger partial charge in [-0.2, -0.15) is 0 Å². The molecule has 0 fully saturated rings. The van der Waals surface area contributed by atoms with Gasteiger partial charge >= 0.3 is 0 Å². The summed E-state index contributed by atoms with van der Waals surface area (Å²) in [5.41, 5.74) is 6.18. The minimum absolute atomic E-state index is 0.268. The molecular formula is C9H9Br2NO. The highest BCUT2D eigenvalue weighted by atomic mass is 79.9. The predicted molar refractivity (Wildman–Crippen MR) is 59.9 cm³/mol. The van der Waals surface area contributed by atoms with Gasteiger partial charge in [-0.25, -0.2) is 0 Å². The number of benzene rings is 1. The Bertz CT molecular complexity index is 314. The standard InChI is InChI=1S/C9H9Br2NO/c10-5-7(9(12)13)6-3-1-2-4-8(6)11/h1-4,7H,5H2,(H2,12,13). The van der Waals surface area contributed by atoms with Crippen LogP contribution in [0.1, 0.15) is 11.5 Å². The van der Waals surface area contributed by atoms with Gasteiger partial charge in [-0.05, 0) is 11.6 Å². The first-order valence-corrected chi connectivity index (χ1v) is 5.68.